The van der Waals surface area contributed by atoms with Crippen LogP contribution in [0.3, 0.4) is 0 Å². The summed E-state index contributed by atoms with van der Waals surface area (Å²) in [7, 11) is 0. The van der Waals surface area contributed by atoms with Crippen LogP contribution in [0.25, 0.3) is 10.9 Å². The number of carbonyl (C=O) groups is 1. The van der Waals surface area contributed by atoms with Crippen LogP contribution in [0.15, 0.2) is 12.1 Å². The van der Waals surface area contributed by atoms with Gasteiger partial charge in [0.05, 0.1) is 16.5 Å². The van der Waals surface area contributed by atoms with Crippen molar-refractivity contribution in [2.75, 3.05) is 0 Å². The number of aromatic nitrogens is 1. The maximum Gasteiger partial charge on any atom is 0.336 e. The van der Waals surface area contributed by atoms with Gasteiger partial charge in [0.1, 0.15) is 11.6 Å². The van der Waals surface area contributed by atoms with Gasteiger partial charge in [0.25, 0.3) is 0 Å². The Hall–Kier alpha value is -2.04. The van der Waals surface area contributed by atoms with Gasteiger partial charge < -0.3 is 5.11 Å². The van der Waals surface area contributed by atoms with E-state index in [0.717, 1.165) is 37.1 Å². The molecule has 1 saturated carbocycles. The SMILES string of the molecule is O=C(O)c1c2c(nc3cc(F)cc(F)c13)C1CCC2C1. The van der Waals surface area contributed by atoms with Crippen LogP contribution < -0.4 is 0 Å². The highest BCUT2D eigenvalue weighted by molar-refractivity contribution is 6.05. The van der Waals surface area contributed by atoms with E-state index in [1.165, 1.54) is 0 Å². The summed E-state index contributed by atoms with van der Waals surface area (Å²) < 4.78 is 27.4. The molecule has 0 saturated heterocycles. The molecule has 4 rings (SSSR count). The number of hydrogen-bond acceptors (Lipinski definition) is 2. The van der Waals surface area contributed by atoms with E-state index in [-0.39, 0.29) is 28.3 Å². The molecule has 2 unspecified atom stereocenters. The summed E-state index contributed by atoms with van der Waals surface area (Å²) in [6, 6.07) is 1.83. The van der Waals surface area contributed by atoms with Crippen molar-refractivity contribution < 1.29 is 18.7 Å². The molecule has 1 heterocycles. The lowest BCUT2D eigenvalue weighted by Gasteiger charge is -2.18. The molecule has 2 atom stereocenters. The lowest BCUT2D eigenvalue weighted by molar-refractivity contribution is 0.0697. The molecule has 2 bridgehead atoms. The van der Waals surface area contributed by atoms with Crippen molar-refractivity contribution in [3.05, 3.63) is 40.6 Å². The van der Waals surface area contributed by atoms with Crippen LogP contribution >= 0.6 is 0 Å². The Balaban J connectivity index is 2.18. The Morgan fingerprint density at radius 3 is 2.75 bits per heavy atom. The lowest BCUT2D eigenvalue weighted by atomic mass is 9.89. The zero-order valence-electron chi connectivity index (χ0n) is 10.5. The summed E-state index contributed by atoms with van der Waals surface area (Å²) in [5.41, 5.74) is 1.49. The molecule has 0 aliphatic heterocycles. The topological polar surface area (TPSA) is 50.2 Å². The molecular weight excluding hydrogens is 264 g/mol. The first-order valence-electron chi connectivity index (χ1n) is 6.62. The minimum Gasteiger partial charge on any atom is -0.478 e. The summed E-state index contributed by atoms with van der Waals surface area (Å²) in [4.78, 5) is 16.0. The largest absolute Gasteiger partial charge is 0.478 e. The van der Waals surface area contributed by atoms with Crippen molar-refractivity contribution in [1.29, 1.82) is 0 Å². The molecule has 1 aromatic heterocycles. The van der Waals surface area contributed by atoms with Crippen LogP contribution in [0.2, 0.25) is 0 Å². The molecule has 1 aromatic carbocycles. The van der Waals surface area contributed by atoms with Crippen LogP contribution in [-0.2, 0) is 0 Å². The lowest BCUT2D eigenvalue weighted by Crippen LogP contribution is -2.12. The number of nitrogens with zero attached hydrogens (tertiary/aromatic N) is 1. The van der Waals surface area contributed by atoms with E-state index in [1.807, 2.05) is 0 Å². The molecule has 2 aliphatic carbocycles. The molecule has 3 nitrogen and oxygen atoms in total. The second-order valence-corrected chi connectivity index (χ2v) is 5.58. The van der Waals surface area contributed by atoms with Gasteiger partial charge in [0.2, 0.25) is 0 Å². The number of fused-ring (bicyclic) bond motifs is 6. The third-order valence-electron chi connectivity index (χ3n) is 4.51. The van der Waals surface area contributed by atoms with Crippen LogP contribution in [-0.4, -0.2) is 16.1 Å². The molecule has 2 aromatic rings. The van der Waals surface area contributed by atoms with Crippen molar-refractivity contribution in [3.63, 3.8) is 0 Å². The van der Waals surface area contributed by atoms with Crippen LogP contribution in [0.5, 0.6) is 0 Å². The summed E-state index contributed by atoms with van der Waals surface area (Å²) >= 11 is 0. The molecular formula is C15H11F2NO2. The zero-order chi connectivity index (χ0) is 14.0. The average molecular weight is 275 g/mol. The van der Waals surface area contributed by atoms with E-state index in [9.17, 15) is 18.7 Å². The maximum atomic E-state index is 14.0. The first-order valence-corrected chi connectivity index (χ1v) is 6.62. The summed E-state index contributed by atoms with van der Waals surface area (Å²) in [6.45, 7) is 0. The van der Waals surface area contributed by atoms with Gasteiger partial charge in [-0.2, -0.15) is 0 Å². The first-order chi connectivity index (χ1) is 9.56. The fraction of sp³-hybridized carbons (Fsp3) is 0.333. The normalized spacial score (nSPS) is 23.3. The van der Waals surface area contributed by atoms with Gasteiger partial charge in [-0.15, -0.1) is 0 Å². The van der Waals surface area contributed by atoms with Crippen molar-refractivity contribution >= 4 is 16.9 Å². The summed E-state index contributed by atoms with van der Waals surface area (Å²) in [5, 5.41) is 9.42. The number of halogens is 2. The van der Waals surface area contributed by atoms with Gasteiger partial charge in [-0.3, -0.25) is 4.98 Å². The third-order valence-corrected chi connectivity index (χ3v) is 4.51. The summed E-state index contributed by atoms with van der Waals surface area (Å²) in [6.07, 6.45) is 2.78. The highest BCUT2D eigenvalue weighted by atomic mass is 19.1. The van der Waals surface area contributed by atoms with E-state index in [1.54, 1.807) is 0 Å². The average Bonchev–Trinajstić information content (AvgIpc) is 2.96. The minimum absolute atomic E-state index is 0.0188. The molecule has 0 amide bonds. The van der Waals surface area contributed by atoms with Gasteiger partial charge in [0, 0.05) is 23.7 Å². The van der Waals surface area contributed by atoms with Gasteiger partial charge in [-0.05, 0) is 30.7 Å². The number of carboxylic acid groups (broad SMARTS) is 1. The third kappa shape index (κ3) is 1.38. The van der Waals surface area contributed by atoms with Crippen LogP contribution in [0.4, 0.5) is 8.78 Å². The first kappa shape index (κ1) is 11.8. The van der Waals surface area contributed by atoms with Gasteiger partial charge in [0.15, 0.2) is 0 Å². The van der Waals surface area contributed by atoms with Crippen LogP contribution in [0.1, 0.15) is 52.7 Å². The Morgan fingerprint density at radius 1 is 1.25 bits per heavy atom. The van der Waals surface area contributed by atoms with Crippen molar-refractivity contribution in [3.8, 4) is 0 Å². The van der Waals surface area contributed by atoms with Gasteiger partial charge in [-0.25, -0.2) is 13.6 Å². The van der Waals surface area contributed by atoms with Crippen LogP contribution in [0, 0.1) is 11.6 Å². The number of rotatable bonds is 1. The molecule has 1 fully saturated rings. The second-order valence-electron chi connectivity index (χ2n) is 5.58. The van der Waals surface area contributed by atoms with Gasteiger partial charge in [-0.1, -0.05) is 0 Å². The number of pyridine rings is 1. The van der Waals surface area contributed by atoms with E-state index in [0.29, 0.717) is 5.56 Å². The highest BCUT2D eigenvalue weighted by Gasteiger charge is 2.42. The van der Waals surface area contributed by atoms with E-state index in [4.69, 9.17) is 0 Å². The molecule has 0 radical (unpaired) electrons. The number of benzene rings is 1. The summed E-state index contributed by atoms with van der Waals surface area (Å²) in [5.74, 6) is -2.35. The standard InChI is InChI=1S/C15H11F2NO2/c16-8-4-9(17)12-10(5-8)18-14-7-2-1-6(3-7)11(14)13(12)15(19)20/h4-7H,1-3H2,(H,19,20). The maximum absolute atomic E-state index is 14.0. The van der Waals surface area contributed by atoms with E-state index >= 15 is 0 Å². The Labute approximate surface area is 113 Å². The molecule has 102 valence electrons. The zero-order valence-corrected chi connectivity index (χ0v) is 10.5. The molecule has 2 aliphatic rings. The second kappa shape index (κ2) is 3.75. The minimum atomic E-state index is -1.16. The monoisotopic (exact) mass is 275 g/mol. The van der Waals surface area contributed by atoms with Gasteiger partial charge >= 0.3 is 5.97 Å². The quantitative estimate of drug-likeness (QED) is 0.865. The fourth-order valence-corrected chi connectivity index (χ4v) is 3.79. The predicted molar refractivity (Wildman–Crippen MR) is 68.0 cm³/mol. The Kier molecular flexibility index (Phi) is 2.20. The number of aromatic carboxylic acids is 1. The smallest absolute Gasteiger partial charge is 0.336 e. The van der Waals surface area contributed by atoms with Crippen molar-refractivity contribution in [2.45, 2.75) is 31.1 Å². The fourth-order valence-electron chi connectivity index (χ4n) is 3.79. The van der Waals surface area contributed by atoms with Crippen molar-refractivity contribution in [1.82, 2.24) is 4.98 Å². The highest BCUT2D eigenvalue weighted by Crippen LogP contribution is 2.54. The molecule has 0 spiro atoms. The van der Waals surface area contributed by atoms with E-state index < -0.39 is 17.6 Å². The number of hydrogen-bond donors (Lipinski definition) is 1. The van der Waals surface area contributed by atoms with Crippen molar-refractivity contribution in [2.24, 2.45) is 0 Å². The Morgan fingerprint density at radius 2 is 2.00 bits per heavy atom. The molecule has 1 N–H and O–H groups in total. The number of carboxylic acids is 1. The molecule has 5 heteroatoms. The van der Waals surface area contributed by atoms with E-state index in [2.05, 4.69) is 4.98 Å². The molecule has 20 heavy (non-hydrogen) atoms. The predicted octanol–water partition coefficient (Wildman–Crippen LogP) is 3.58. The Bertz CT molecular complexity index is 772.